The fourth-order valence-electron chi connectivity index (χ4n) is 2.62. The number of rotatable bonds is 5. The Kier molecular flexibility index (Phi) is 5.23. The molecule has 1 aliphatic heterocycles. The largest absolute Gasteiger partial charge is 0.360 e. The number of nitrogens with zero attached hydrogens (tertiary/aromatic N) is 3. The molecule has 136 valence electrons. The molecule has 8 nitrogen and oxygen atoms in total. The molecule has 1 fully saturated rings. The fraction of sp³-hybridized carbons (Fsp3) is 0.467. The van der Waals surface area contributed by atoms with Crippen LogP contribution in [0.15, 0.2) is 26.9 Å². The molecular formula is C15H20N4O4S2. The van der Waals surface area contributed by atoms with Crippen molar-refractivity contribution in [2.45, 2.75) is 18.1 Å². The first kappa shape index (κ1) is 18.1. The van der Waals surface area contributed by atoms with Crippen LogP contribution in [0, 0.1) is 13.8 Å². The Morgan fingerprint density at radius 1 is 1.28 bits per heavy atom. The van der Waals surface area contributed by atoms with E-state index in [0.717, 1.165) is 4.88 Å². The highest BCUT2D eigenvalue weighted by Crippen LogP contribution is 2.25. The van der Waals surface area contributed by atoms with Gasteiger partial charge in [-0.2, -0.15) is 4.31 Å². The van der Waals surface area contributed by atoms with Crippen molar-refractivity contribution in [1.29, 1.82) is 0 Å². The van der Waals surface area contributed by atoms with E-state index in [1.165, 1.54) is 15.6 Å². The van der Waals surface area contributed by atoms with Gasteiger partial charge in [0.05, 0.1) is 6.54 Å². The van der Waals surface area contributed by atoms with Gasteiger partial charge >= 0.3 is 0 Å². The second-order valence-corrected chi connectivity index (χ2v) is 9.37. The smallest absolute Gasteiger partial charge is 0.252 e. The number of carbonyl (C=O) groups is 1. The number of piperazine rings is 1. The van der Waals surface area contributed by atoms with Crippen molar-refractivity contribution < 1.29 is 17.7 Å². The molecule has 1 amide bonds. The summed E-state index contributed by atoms with van der Waals surface area (Å²) in [6, 6.07) is 5.10. The van der Waals surface area contributed by atoms with Gasteiger partial charge in [-0.3, -0.25) is 9.69 Å². The summed E-state index contributed by atoms with van der Waals surface area (Å²) in [6.45, 7) is 5.58. The zero-order valence-electron chi connectivity index (χ0n) is 14.1. The highest BCUT2D eigenvalue weighted by atomic mass is 32.2. The number of hydrogen-bond donors (Lipinski definition) is 1. The third-order valence-corrected chi connectivity index (χ3v) is 7.27. The van der Waals surface area contributed by atoms with Crippen molar-refractivity contribution in [2.24, 2.45) is 0 Å². The van der Waals surface area contributed by atoms with E-state index in [4.69, 9.17) is 4.52 Å². The van der Waals surface area contributed by atoms with Crippen molar-refractivity contribution in [1.82, 2.24) is 14.4 Å². The molecule has 10 heteroatoms. The Hall–Kier alpha value is -1.75. The van der Waals surface area contributed by atoms with E-state index >= 15 is 0 Å². The molecule has 2 aromatic rings. The highest BCUT2D eigenvalue weighted by molar-refractivity contribution is 7.91. The summed E-state index contributed by atoms with van der Waals surface area (Å²) < 4.78 is 31.9. The maximum Gasteiger partial charge on any atom is 0.252 e. The summed E-state index contributed by atoms with van der Waals surface area (Å²) in [6.07, 6.45) is 0. The monoisotopic (exact) mass is 384 g/mol. The number of aryl methyl sites for hydroxylation is 2. The van der Waals surface area contributed by atoms with Gasteiger partial charge in [0.2, 0.25) is 5.91 Å². The predicted molar refractivity (Wildman–Crippen MR) is 94.1 cm³/mol. The summed E-state index contributed by atoms with van der Waals surface area (Å²) in [5, 5.41) is 6.38. The quantitative estimate of drug-likeness (QED) is 0.835. The van der Waals surface area contributed by atoms with Crippen LogP contribution in [0.25, 0.3) is 0 Å². The second kappa shape index (κ2) is 7.24. The van der Waals surface area contributed by atoms with Gasteiger partial charge in [0.1, 0.15) is 9.97 Å². The molecule has 1 aliphatic rings. The van der Waals surface area contributed by atoms with Gasteiger partial charge in [0, 0.05) is 37.1 Å². The Balaban J connectivity index is 1.52. The average Bonchev–Trinajstić information content (AvgIpc) is 3.16. The minimum Gasteiger partial charge on any atom is -0.360 e. The van der Waals surface area contributed by atoms with Crippen LogP contribution in [-0.4, -0.2) is 61.4 Å². The first-order valence-corrected chi connectivity index (χ1v) is 10.1. The van der Waals surface area contributed by atoms with Crippen LogP contribution in [0.5, 0.6) is 0 Å². The molecule has 25 heavy (non-hydrogen) atoms. The van der Waals surface area contributed by atoms with E-state index in [1.807, 2.05) is 17.9 Å². The number of carbonyl (C=O) groups excluding carboxylic acids is 1. The van der Waals surface area contributed by atoms with Crippen LogP contribution < -0.4 is 5.32 Å². The number of thiophene rings is 1. The first-order valence-electron chi connectivity index (χ1n) is 7.87. The van der Waals surface area contributed by atoms with Crippen molar-refractivity contribution in [3.8, 4) is 0 Å². The number of amides is 1. The molecule has 3 rings (SSSR count). The van der Waals surface area contributed by atoms with Crippen molar-refractivity contribution in [2.75, 3.05) is 38.0 Å². The van der Waals surface area contributed by atoms with Gasteiger partial charge in [-0.1, -0.05) is 5.16 Å². The summed E-state index contributed by atoms with van der Waals surface area (Å²) in [7, 11) is -3.44. The van der Waals surface area contributed by atoms with E-state index in [2.05, 4.69) is 10.5 Å². The first-order chi connectivity index (χ1) is 11.8. The van der Waals surface area contributed by atoms with Crippen molar-refractivity contribution in [3.05, 3.63) is 28.8 Å². The van der Waals surface area contributed by atoms with Crippen LogP contribution in [0.1, 0.15) is 10.6 Å². The maximum absolute atomic E-state index is 12.6. The van der Waals surface area contributed by atoms with Gasteiger partial charge in [-0.15, -0.1) is 11.3 Å². The lowest BCUT2D eigenvalue weighted by atomic mass is 10.3. The minimum atomic E-state index is -3.44. The van der Waals surface area contributed by atoms with Crippen molar-refractivity contribution >= 4 is 33.1 Å². The molecule has 0 atom stereocenters. The van der Waals surface area contributed by atoms with Gasteiger partial charge in [-0.05, 0) is 26.0 Å². The lowest BCUT2D eigenvalue weighted by molar-refractivity contribution is -0.117. The Bertz CT molecular complexity index is 851. The molecule has 1 saturated heterocycles. The molecule has 0 radical (unpaired) electrons. The summed E-state index contributed by atoms with van der Waals surface area (Å²) in [4.78, 5) is 14.9. The number of aromatic nitrogens is 1. The summed E-state index contributed by atoms with van der Waals surface area (Å²) in [5.41, 5.74) is 0. The van der Waals surface area contributed by atoms with E-state index in [9.17, 15) is 13.2 Å². The number of sulfonamides is 1. The van der Waals surface area contributed by atoms with E-state index in [0.29, 0.717) is 42.0 Å². The van der Waals surface area contributed by atoms with Gasteiger partial charge in [0.15, 0.2) is 5.82 Å². The molecule has 0 aromatic carbocycles. The third kappa shape index (κ3) is 4.27. The van der Waals surface area contributed by atoms with Gasteiger partial charge < -0.3 is 9.84 Å². The minimum absolute atomic E-state index is 0.192. The molecule has 0 saturated carbocycles. The van der Waals surface area contributed by atoms with E-state index in [-0.39, 0.29) is 12.5 Å². The maximum atomic E-state index is 12.6. The Morgan fingerprint density at radius 3 is 2.56 bits per heavy atom. The van der Waals surface area contributed by atoms with Gasteiger partial charge in [-0.25, -0.2) is 8.42 Å². The SMILES string of the molecule is Cc1cc(NC(=O)CN2CCN(S(=O)(=O)c3ccc(C)s3)CC2)no1. The van der Waals surface area contributed by atoms with Crippen LogP contribution in [0.2, 0.25) is 0 Å². The van der Waals surface area contributed by atoms with Crippen LogP contribution in [-0.2, 0) is 14.8 Å². The number of nitrogens with one attached hydrogen (secondary N) is 1. The highest BCUT2D eigenvalue weighted by Gasteiger charge is 2.30. The zero-order chi connectivity index (χ0) is 18.0. The van der Waals surface area contributed by atoms with E-state index in [1.54, 1.807) is 19.1 Å². The average molecular weight is 384 g/mol. The fourth-order valence-corrected chi connectivity index (χ4v) is 5.48. The molecule has 0 spiro atoms. The van der Waals surface area contributed by atoms with E-state index < -0.39 is 10.0 Å². The molecule has 0 unspecified atom stereocenters. The number of hydrogen-bond acceptors (Lipinski definition) is 7. The van der Waals surface area contributed by atoms with Crippen molar-refractivity contribution in [3.63, 3.8) is 0 Å². The summed E-state index contributed by atoms with van der Waals surface area (Å²) >= 11 is 1.28. The second-order valence-electron chi connectivity index (χ2n) is 5.92. The number of anilines is 1. The predicted octanol–water partition coefficient (Wildman–Crippen LogP) is 1.30. The molecule has 0 aliphatic carbocycles. The topological polar surface area (TPSA) is 95.8 Å². The molecule has 1 N–H and O–H groups in total. The normalized spacial score (nSPS) is 16.9. The molecular weight excluding hydrogens is 364 g/mol. The Morgan fingerprint density at radius 2 is 2.00 bits per heavy atom. The van der Waals surface area contributed by atoms with Crippen LogP contribution in [0.3, 0.4) is 0 Å². The van der Waals surface area contributed by atoms with Crippen LogP contribution >= 0.6 is 11.3 Å². The van der Waals surface area contributed by atoms with Crippen LogP contribution in [0.4, 0.5) is 5.82 Å². The Labute approximate surface area is 150 Å². The lowest BCUT2D eigenvalue weighted by Crippen LogP contribution is -2.50. The third-order valence-electron chi connectivity index (χ3n) is 3.90. The molecule has 3 heterocycles. The zero-order valence-corrected chi connectivity index (χ0v) is 15.7. The molecule has 2 aromatic heterocycles. The lowest BCUT2D eigenvalue weighted by Gasteiger charge is -2.33. The summed E-state index contributed by atoms with van der Waals surface area (Å²) in [5.74, 6) is 0.813. The van der Waals surface area contributed by atoms with Gasteiger partial charge in [0.25, 0.3) is 10.0 Å². The molecule has 0 bridgehead atoms. The standard InChI is InChI=1S/C15H20N4O4S2/c1-11-9-13(17-23-11)16-14(20)10-18-5-7-19(8-6-18)25(21,22)15-4-3-12(2)24-15/h3-4,9H,5-8,10H2,1-2H3,(H,16,17,20).